The molecular formula is C15H17F2N3O2. The summed E-state index contributed by atoms with van der Waals surface area (Å²) < 4.78 is 28.2. The van der Waals surface area contributed by atoms with Gasteiger partial charge in [0.2, 0.25) is 0 Å². The Morgan fingerprint density at radius 2 is 2.14 bits per heavy atom. The van der Waals surface area contributed by atoms with E-state index in [1.165, 1.54) is 11.6 Å². The van der Waals surface area contributed by atoms with Crippen molar-refractivity contribution in [3.8, 4) is 0 Å². The number of aryl methyl sites for hydroxylation is 2. The number of hydrogen-bond acceptors (Lipinski definition) is 3. The first-order valence-corrected chi connectivity index (χ1v) is 6.67. The van der Waals surface area contributed by atoms with Crippen molar-refractivity contribution >= 4 is 5.91 Å². The van der Waals surface area contributed by atoms with Gasteiger partial charge in [0.15, 0.2) is 0 Å². The standard InChI is InChI=1S/C15H17F2N3O2/c1-9-11(7-20(3)19-9)14(21)18-8-15(2,22)12-5-4-10(16)6-13(12)17/h4-7,22H,8H2,1-3H3,(H,18,21). The highest BCUT2D eigenvalue weighted by atomic mass is 19.1. The van der Waals surface area contributed by atoms with Crippen molar-refractivity contribution in [3.63, 3.8) is 0 Å². The molecule has 2 N–H and O–H groups in total. The number of amides is 1. The second-order valence-electron chi connectivity index (χ2n) is 5.38. The lowest BCUT2D eigenvalue weighted by Gasteiger charge is -2.24. The Hall–Kier alpha value is -2.28. The summed E-state index contributed by atoms with van der Waals surface area (Å²) in [6, 6.07) is 2.91. The van der Waals surface area contributed by atoms with Gasteiger partial charge in [-0.05, 0) is 19.9 Å². The Morgan fingerprint density at radius 3 is 2.68 bits per heavy atom. The minimum absolute atomic E-state index is 0.0860. The predicted octanol–water partition coefficient (Wildman–Crippen LogP) is 1.64. The van der Waals surface area contributed by atoms with Crippen molar-refractivity contribution in [2.45, 2.75) is 19.4 Å². The molecule has 0 fully saturated rings. The van der Waals surface area contributed by atoms with E-state index in [2.05, 4.69) is 10.4 Å². The summed E-state index contributed by atoms with van der Waals surface area (Å²) in [6.07, 6.45) is 1.55. The minimum Gasteiger partial charge on any atom is -0.383 e. The number of carbonyl (C=O) groups excluding carboxylic acids is 1. The maximum Gasteiger partial charge on any atom is 0.254 e. The largest absolute Gasteiger partial charge is 0.383 e. The van der Waals surface area contributed by atoms with Crippen LogP contribution in [0.2, 0.25) is 0 Å². The second kappa shape index (κ2) is 5.84. The first kappa shape index (κ1) is 16.1. The van der Waals surface area contributed by atoms with E-state index in [0.29, 0.717) is 17.3 Å². The van der Waals surface area contributed by atoms with E-state index in [1.54, 1.807) is 20.2 Å². The van der Waals surface area contributed by atoms with Gasteiger partial charge in [0, 0.05) is 24.9 Å². The molecule has 0 saturated heterocycles. The van der Waals surface area contributed by atoms with Crippen LogP contribution in [-0.4, -0.2) is 27.3 Å². The van der Waals surface area contributed by atoms with Crippen LogP contribution in [0.4, 0.5) is 8.78 Å². The molecule has 7 heteroatoms. The summed E-state index contributed by atoms with van der Waals surface area (Å²) in [6.45, 7) is 2.81. The number of halogens is 2. The molecule has 1 unspecified atom stereocenters. The molecular weight excluding hydrogens is 292 g/mol. The molecule has 1 heterocycles. The van der Waals surface area contributed by atoms with Gasteiger partial charge in [-0.3, -0.25) is 9.48 Å². The van der Waals surface area contributed by atoms with E-state index >= 15 is 0 Å². The molecule has 22 heavy (non-hydrogen) atoms. The number of aromatic nitrogens is 2. The fourth-order valence-electron chi connectivity index (χ4n) is 2.19. The van der Waals surface area contributed by atoms with E-state index < -0.39 is 23.1 Å². The number of nitrogens with one attached hydrogen (secondary N) is 1. The Bertz CT molecular complexity index is 711. The van der Waals surface area contributed by atoms with Gasteiger partial charge in [0.25, 0.3) is 5.91 Å². The van der Waals surface area contributed by atoms with Gasteiger partial charge < -0.3 is 10.4 Å². The zero-order chi connectivity index (χ0) is 16.5. The van der Waals surface area contributed by atoms with Crippen molar-refractivity contribution < 1.29 is 18.7 Å². The topological polar surface area (TPSA) is 67.2 Å². The summed E-state index contributed by atoms with van der Waals surface area (Å²) in [5.74, 6) is -2.02. The molecule has 118 valence electrons. The summed E-state index contributed by atoms with van der Waals surface area (Å²) >= 11 is 0. The Morgan fingerprint density at radius 1 is 1.45 bits per heavy atom. The van der Waals surface area contributed by atoms with Gasteiger partial charge in [-0.2, -0.15) is 5.10 Å². The molecule has 0 aliphatic heterocycles. The highest BCUT2D eigenvalue weighted by Crippen LogP contribution is 2.23. The van der Waals surface area contributed by atoms with Gasteiger partial charge >= 0.3 is 0 Å². The zero-order valence-corrected chi connectivity index (χ0v) is 12.5. The van der Waals surface area contributed by atoms with Crippen LogP contribution in [0, 0.1) is 18.6 Å². The fourth-order valence-corrected chi connectivity index (χ4v) is 2.19. The third kappa shape index (κ3) is 3.30. The SMILES string of the molecule is Cc1nn(C)cc1C(=O)NCC(C)(O)c1ccc(F)cc1F. The molecule has 0 aliphatic rings. The van der Waals surface area contributed by atoms with Crippen LogP contribution in [0.3, 0.4) is 0 Å². The molecule has 1 aromatic heterocycles. The highest BCUT2D eigenvalue weighted by Gasteiger charge is 2.28. The summed E-state index contributed by atoms with van der Waals surface area (Å²) in [5, 5.41) is 16.9. The van der Waals surface area contributed by atoms with Crippen LogP contribution < -0.4 is 5.32 Å². The number of benzene rings is 1. The zero-order valence-electron chi connectivity index (χ0n) is 12.5. The average Bonchev–Trinajstić information content (AvgIpc) is 2.74. The van der Waals surface area contributed by atoms with Gasteiger partial charge in [-0.25, -0.2) is 8.78 Å². The number of carbonyl (C=O) groups is 1. The van der Waals surface area contributed by atoms with E-state index in [9.17, 15) is 18.7 Å². The first-order chi connectivity index (χ1) is 10.2. The summed E-state index contributed by atoms with van der Waals surface area (Å²) in [4.78, 5) is 12.1. The smallest absolute Gasteiger partial charge is 0.254 e. The predicted molar refractivity (Wildman–Crippen MR) is 76.2 cm³/mol. The first-order valence-electron chi connectivity index (χ1n) is 6.67. The summed E-state index contributed by atoms with van der Waals surface area (Å²) in [7, 11) is 1.69. The second-order valence-corrected chi connectivity index (χ2v) is 5.38. The van der Waals surface area contributed by atoms with Crippen molar-refractivity contribution in [3.05, 3.63) is 52.9 Å². The molecule has 1 atom stereocenters. The van der Waals surface area contributed by atoms with E-state index in [-0.39, 0.29) is 12.1 Å². The van der Waals surface area contributed by atoms with Crippen molar-refractivity contribution in [1.29, 1.82) is 0 Å². The Labute approximate surface area is 126 Å². The summed E-state index contributed by atoms with van der Waals surface area (Å²) in [5.41, 5.74) is -0.827. The van der Waals surface area contributed by atoms with Crippen LogP contribution in [0.1, 0.15) is 28.5 Å². The molecule has 2 rings (SSSR count). The van der Waals surface area contributed by atoms with E-state index in [1.807, 2.05) is 0 Å². The van der Waals surface area contributed by atoms with Crippen LogP contribution >= 0.6 is 0 Å². The number of rotatable bonds is 4. The molecule has 0 saturated carbocycles. The maximum absolute atomic E-state index is 13.7. The van der Waals surface area contributed by atoms with Crippen LogP contribution in [0.5, 0.6) is 0 Å². The molecule has 1 amide bonds. The quantitative estimate of drug-likeness (QED) is 0.902. The fraction of sp³-hybridized carbons (Fsp3) is 0.333. The molecule has 0 aliphatic carbocycles. The highest BCUT2D eigenvalue weighted by molar-refractivity contribution is 5.95. The normalized spacial score (nSPS) is 13.7. The van der Waals surface area contributed by atoms with Crippen LogP contribution in [0.25, 0.3) is 0 Å². The lowest BCUT2D eigenvalue weighted by molar-refractivity contribution is 0.0494. The van der Waals surface area contributed by atoms with Gasteiger partial charge in [0.1, 0.15) is 17.2 Å². The molecule has 5 nitrogen and oxygen atoms in total. The molecule has 0 bridgehead atoms. The van der Waals surface area contributed by atoms with Crippen molar-refractivity contribution in [2.75, 3.05) is 6.54 Å². The van der Waals surface area contributed by atoms with E-state index in [4.69, 9.17) is 0 Å². The molecule has 0 radical (unpaired) electrons. The molecule has 1 aromatic carbocycles. The Kier molecular flexibility index (Phi) is 4.27. The number of aliphatic hydroxyl groups is 1. The van der Waals surface area contributed by atoms with Gasteiger partial charge in [0.05, 0.1) is 17.8 Å². The third-order valence-electron chi connectivity index (χ3n) is 3.36. The maximum atomic E-state index is 13.7. The van der Waals surface area contributed by atoms with Gasteiger partial charge in [-0.1, -0.05) is 6.07 Å². The minimum atomic E-state index is -1.66. The van der Waals surface area contributed by atoms with Crippen LogP contribution in [-0.2, 0) is 12.6 Å². The lowest BCUT2D eigenvalue weighted by Crippen LogP contribution is -2.39. The van der Waals surface area contributed by atoms with E-state index in [0.717, 1.165) is 12.1 Å². The lowest BCUT2D eigenvalue weighted by atomic mass is 9.95. The third-order valence-corrected chi connectivity index (χ3v) is 3.36. The van der Waals surface area contributed by atoms with Crippen molar-refractivity contribution in [2.24, 2.45) is 7.05 Å². The van der Waals surface area contributed by atoms with Crippen molar-refractivity contribution in [1.82, 2.24) is 15.1 Å². The van der Waals surface area contributed by atoms with Gasteiger partial charge in [-0.15, -0.1) is 0 Å². The van der Waals surface area contributed by atoms with Crippen LogP contribution in [0.15, 0.2) is 24.4 Å². The average molecular weight is 309 g/mol. The Balaban J connectivity index is 2.12. The number of hydrogen-bond donors (Lipinski definition) is 2. The molecule has 0 spiro atoms. The molecule has 2 aromatic rings. The number of nitrogens with zero attached hydrogens (tertiary/aromatic N) is 2. The monoisotopic (exact) mass is 309 g/mol.